The average Bonchev–Trinajstić information content (AvgIpc) is 2.80. The van der Waals surface area contributed by atoms with Gasteiger partial charge in [-0.3, -0.25) is 4.31 Å². The zero-order valence-electron chi connectivity index (χ0n) is 11.3. The molecule has 1 aromatic heterocycles. The number of para-hydroxylation sites is 1. The van der Waals surface area contributed by atoms with Crippen LogP contribution in [-0.2, 0) is 10.0 Å². The highest BCUT2D eigenvalue weighted by molar-refractivity contribution is 9.11. The number of sulfonamides is 1. The summed E-state index contributed by atoms with van der Waals surface area (Å²) in [5, 5.41) is 8.78. The number of halogens is 1. The molecule has 0 fully saturated rings. The maximum absolute atomic E-state index is 12.9. The topological polar surface area (TPSA) is 61.2 Å². The van der Waals surface area contributed by atoms with Crippen molar-refractivity contribution in [2.24, 2.45) is 0 Å². The van der Waals surface area contributed by atoms with Crippen LogP contribution in [0.15, 0.2) is 45.1 Å². The Morgan fingerprint density at radius 2 is 2.00 bits per heavy atom. The third kappa shape index (κ3) is 3.46. The number of rotatable bonds is 5. The SMILES string of the molecule is Cc1sc(Br)cc1S(=O)(=O)N(CCC#N)c1ccccc1. The van der Waals surface area contributed by atoms with E-state index in [0.29, 0.717) is 5.69 Å². The van der Waals surface area contributed by atoms with Crippen LogP contribution < -0.4 is 4.31 Å². The van der Waals surface area contributed by atoms with E-state index in [1.807, 2.05) is 12.1 Å². The molecule has 1 aromatic carbocycles. The minimum atomic E-state index is -3.67. The van der Waals surface area contributed by atoms with Crippen LogP contribution in [0.2, 0.25) is 0 Å². The molecule has 0 unspecified atom stereocenters. The highest BCUT2D eigenvalue weighted by Crippen LogP contribution is 2.33. The summed E-state index contributed by atoms with van der Waals surface area (Å²) in [5.41, 5.74) is 0.564. The fourth-order valence-electron chi connectivity index (χ4n) is 1.94. The lowest BCUT2D eigenvalue weighted by atomic mass is 10.3. The van der Waals surface area contributed by atoms with Crippen molar-refractivity contribution in [2.45, 2.75) is 18.2 Å². The first-order chi connectivity index (χ1) is 9.96. The summed E-state index contributed by atoms with van der Waals surface area (Å²) in [6.07, 6.45) is 0.137. The van der Waals surface area contributed by atoms with Gasteiger partial charge in [-0.2, -0.15) is 5.26 Å². The fourth-order valence-corrected chi connectivity index (χ4v) is 5.79. The van der Waals surface area contributed by atoms with Gasteiger partial charge >= 0.3 is 0 Å². The van der Waals surface area contributed by atoms with Gasteiger partial charge in [0.2, 0.25) is 0 Å². The molecule has 0 aliphatic heterocycles. The summed E-state index contributed by atoms with van der Waals surface area (Å²) < 4.78 is 27.8. The minimum Gasteiger partial charge on any atom is -0.265 e. The number of nitriles is 1. The second kappa shape index (κ2) is 6.60. The highest BCUT2D eigenvalue weighted by atomic mass is 79.9. The normalized spacial score (nSPS) is 11.1. The number of hydrogen-bond acceptors (Lipinski definition) is 4. The van der Waals surface area contributed by atoms with E-state index in [-0.39, 0.29) is 17.9 Å². The molecular weight excluding hydrogens is 372 g/mol. The third-order valence-corrected chi connectivity index (χ3v) is 6.52. The molecule has 1 heterocycles. The number of aryl methyl sites for hydroxylation is 1. The van der Waals surface area contributed by atoms with Crippen LogP contribution in [0, 0.1) is 18.3 Å². The Labute approximate surface area is 136 Å². The molecule has 0 aliphatic carbocycles. The van der Waals surface area contributed by atoms with Gasteiger partial charge in [0.05, 0.1) is 22.0 Å². The van der Waals surface area contributed by atoms with Gasteiger partial charge in [0, 0.05) is 11.4 Å². The van der Waals surface area contributed by atoms with Gasteiger partial charge in [0.15, 0.2) is 0 Å². The summed E-state index contributed by atoms with van der Waals surface area (Å²) in [6.45, 7) is 1.91. The van der Waals surface area contributed by atoms with Gasteiger partial charge in [0.1, 0.15) is 4.90 Å². The van der Waals surface area contributed by atoms with Gasteiger partial charge < -0.3 is 0 Å². The molecule has 0 amide bonds. The summed E-state index contributed by atoms with van der Waals surface area (Å²) in [5.74, 6) is 0. The van der Waals surface area contributed by atoms with Gasteiger partial charge in [-0.25, -0.2) is 8.42 Å². The highest BCUT2D eigenvalue weighted by Gasteiger charge is 2.27. The molecule has 110 valence electrons. The Morgan fingerprint density at radius 1 is 1.33 bits per heavy atom. The predicted molar refractivity (Wildman–Crippen MR) is 88.0 cm³/mol. The molecule has 0 saturated carbocycles. The molecule has 0 spiro atoms. The lowest BCUT2D eigenvalue weighted by molar-refractivity contribution is 0.591. The molecule has 0 radical (unpaired) electrons. The second-order valence-electron chi connectivity index (χ2n) is 4.29. The molecule has 0 N–H and O–H groups in total. The zero-order chi connectivity index (χ0) is 15.5. The number of nitrogens with zero attached hydrogens (tertiary/aromatic N) is 2. The van der Waals surface area contributed by atoms with Gasteiger partial charge in [-0.1, -0.05) is 18.2 Å². The van der Waals surface area contributed by atoms with Crippen molar-refractivity contribution in [3.8, 4) is 6.07 Å². The number of hydrogen-bond donors (Lipinski definition) is 0. The lowest BCUT2D eigenvalue weighted by Gasteiger charge is -2.23. The first kappa shape index (κ1) is 16.0. The van der Waals surface area contributed by atoms with E-state index in [2.05, 4.69) is 15.9 Å². The average molecular weight is 385 g/mol. The molecule has 21 heavy (non-hydrogen) atoms. The Morgan fingerprint density at radius 3 is 2.52 bits per heavy atom. The molecule has 0 saturated heterocycles. The molecule has 0 atom stereocenters. The fraction of sp³-hybridized carbons (Fsp3) is 0.214. The maximum Gasteiger partial charge on any atom is 0.265 e. The molecule has 0 aliphatic rings. The molecule has 2 rings (SSSR count). The van der Waals surface area contributed by atoms with Crippen LogP contribution in [0.4, 0.5) is 5.69 Å². The quantitative estimate of drug-likeness (QED) is 0.784. The molecule has 4 nitrogen and oxygen atoms in total. The van der Waals surface area contributed by atoms with E-state index in [9.17, 15) is 8.42 Å². The number of anilines is 1. The van der Waals surface area contributed by atoms with Crippen LogP contribution in [0.25, 0.3) is 0 Å². The third-order valence-electron chi connectivity index (χ3n) is 2.88. The second-order valence-corrected chi connectivity index (χ2v) is 8.76. The van der Waals surface area contributed by atoms with Crippen LogP contribution in [-0.4, -0.2) is 15.0 Å². The van der Waals surface area contributed by atoms with Gasteiger partial charge in [-0.05, 0) is 41.1 Å². The number of thiophene rings is 1. The van der Waals surface area contributed by atoms with Crippen molar-refractivity contribution in [2.75, 3.05) is 10.8 Å². The predicted octanol–water partition coefficient (Wildman–Crippen LogP) is 3.93. The van der Waals surface area contributed by atoms with Crippen LogP contribution in [0.3, 0.4) is 0 Å². The van der Waals surface area contributed by atoms with Crippen molar-refractivity contribution >= 4 is 43.0 Å². The molecule has 7 heteroatoms. The van der Waals surface area contributed by atoms with Crippen LogP contribution in [0.1, 0.15) is 11.3 Å². The van der Waals surface area contributed by atoms with Crippen molar-refractivity contribution in [3.63, 3.8) is 0 Å². The van der Waals surface area contributed by atoms with Crippen molar-refractivity contribution in [1.29, 1.82) is 5.26 Å². The van der Waals surface area contributed by atoms with Gasteiger partial charge in [-0.15, -0.1) is 11.3 Å². The smallest absolute Gasteiger partial charge is 0.265 e. The Hall–Kier alpha value is -1.36. The first-order valence-corrected chi connectivity index (χ1v) is 9.22. The minimum absolute atomic E-state index is 0.135. The van der Waals surface area contributed by atoms with Crippen molar-refractivity contribution in [1.82, 2.24) is 0 Å². The van der Waals surface area contributed by atoms with Crippen LogP contribution >= 0.6 is 27.3 Å². The maximum atomic E-state index is 12.9. The molecular formula is C14H13BrN2O2S2. The van der Waals surface area contributed by atoms with E-state index in [1.54, 1.807) is 37.3 Å². The Kier molecular flexibility index (Phi) is 5.04. The van der Waals surface area contributed by atoms with E-state index in [0.717, 1.165) is 8.66 Å². The summed E-state index contributed by atoms with van der Waals surface area (Å²) in [6, 6.07) is 12.4. The van der Waals surface area contributed by atoms with E-state index in [4.69, 9.17) is 5.26 Å². The number of benzene rings is 1. The standard InChI is InChI=1S/C14H13BrN2O2S2/c1-11-13(10-14(15)20-11)21(18,19)17(9-5-8-16)12-6-3-2-4-7-12/h2-4,6-7,10H,5,9H2,1H3. The largest absolute Gasteiger partial charge is 0.265 e. The summed E-state index contributed by atoms with van der Waals surface area (Å²) in [7, 11) is -3.67. The summed E-state index contributed by atoms with van der Waals surface area (Å²) in [4.78, 5) is 1.00. The lowest BCUT2D eigenvalue weighted by Crippen LogP contribution is -2.32. The zero-order valence-corrected chi connectivity index (χ0v) is 14.5. The van der Waals surface area contributed by atoms with Crippen molar-refractivity contribution < 1.29 is 8.42 Å². The molecule has 2 aromatic rings. The monoisotopic (exact) mass is 384 g/mol. The van der Waals surface area contributed by atoms with E-state index >= 15 is 0 Å². The van der Waals surface area contributed by atoms with E-state index < -0.39 is 10.0 Å². The summed E-state index contributed by atoms with van der Waals surface area (Å²) >= 11 is 4.70. The Balaban J connectivity index is 2.50. The molecule has 0 bridgehead atoms. The van der Waals surface area contributed by atoms with Gasteiger partial charge in [0.25, 0.3) is 10.0 Å². The first-order valence-electron chi connectivity index (χ1n) is 6.17. The van der Waals surface area contributed by atoms with Crippen molar-refractivity contribution in [3.05, 3.63) is 45.1 Å². The van der Waals surface area contributed by atoms with E-state index in [1.165, 1.54) is 15.6 Å². The van der Waals surface area contributed by atoms with Crippen LogP contribution in [0.5, 0.6) is 0 Å². The Bertz CT molecular complexity index is 764.